The van der Waals surface area contributed by atoms with E-state index in [1.54, 1.807) is 6.07 Å². The molecule has 3 heterocycles. The molecule has 130 valence electrons. The molecule has 0 bridgehead atoms. The number of amides is 1. The van der Waals surface area contributed by atoms with Crippen molar-refractivity contribution in [3.63, 3.8) is 0 Å². The van der Waals surface area contributed by atoms with Crippen molar-refractivity contribution >= 4 is 36.6 Å². The lowest BCUT2D eigenvalue weighted by Crippen LogP contribution is -2.38. The highest BCUT2D eigenvalue weighted by atomic mass is 35.5. The highest BCUT2D eigenvalue weighted by Gasteiger charge is 2.25. The van der Waals surface area contributed by atoms with Crippen molar-refractivity contribution in [2.75, 3.05) is 0 Å². The molecule has 4 nitrogen and oxygen atoms in total. The minimum absolute atomic E-state index is 0.0493. The maximum absolute atomic E-state index is 12.6. The van der Waals surface area contributed by atoms with Crippen molar-refractivity contribution in [3.8, 4) is 0 Å². The Bertz CT molecular complexity index is 756. The van der Waals surface area contributed by atoms with Gasteiger partial charge < -0.3 is 10.3 Å². The summed E-state index contributed by atoms with van der Waals surface area (Å²) in [5.74, 6) is -0.0493. The van der Waals surface area contributed by atoms with Gasteiger partial charge in [-0.3, -0.25) is 4.79 Å². The first kappa shape index (κ1) is 17.5. The molecule has 0 saturated carbocycles. The fourth-order valence-corrected chi connectivity index (χ4v) is 6.43. The van der Waals surface area contributed by atoms with Crippen molar-refractivity contribution in [1.82, 2.24) is 15.3 Å². The number of nitrogens with zero attached hydrogens (tertiary/aromatic N) is 1. The largest absolute Gasteiger partial charge is 0.348 e. The zero-order chi connectivity index (χ0) is 17.3. The van der Waals surface area contributed by atoms with Crippen LogP contribution in [0.3, 0.4) is 0 Å². The van der Waals surface area contributed by atoms with Crippen LogP contribution < -0.4 is 5.32 Å². The molecule has 2 N–H and O–H groups in total. The lowest BCUT2D eigenvalue weighted by Gasteiger charge is -2.29. The van der Waals surface area contributed by atoms with E-state index in [4.69, 9.17) is 11.6 Å². The van der Waals surface area contributed by atoms with Crippen LogP contribution in [0.1, 0.15) is 41.9 Å². The van der Waals surface area contributed by atoms with Gasteiger partial charge in [0.1, 0.15) is 11.3 Å². The van der Waals surface area contributed by atoms with Gasteiger partial charge >= 0.3 is 0 Å². The molecule has 0 radical (unpaired) electrons. The van der Waals surface area contributed by atoms with Crippen molar-refractivity contribution < 1.29 is 4.79 Å². The van der Waals surface area contributed by atoms with E-state index in [2.05, 4.69) is 28.4 Å². The summed E-state index contributed by atoms with van der Waals surface area (Å²) in [7, 11) is -1.07. The summed E-state index contributed by atoms with van der Waals surface area (Å²) in [4.78, 5) is 20.2. The molecular formula is C18H26ClN3OSi. The fraction of sp³-hybridized carbons (Fsp3) is 0.556. The zero-order valence-electron chi connectivity index (χ0n) is 14.7. The van der Waals surface area contributed by atoms with Gasteiger partial charge in [0.05, 0.1) is 5.02 Å². The molecule has 0 spiro atoms. The molecule has 6 heteroatoms. The predicted octanol–water partition coefficient (Wildman–Crippen LogP) is 4.91. The average Bonchev–Trinajstić information content (AvgIpc) is 2.91. The number of hydrogen-bond acceptors (Lipinski definition) is 2. The van der Waals surface area contributed by atoms with E-state index in [0.717, 1.165) is 23.9 Å². The van der Waals surface area contributed by atoms with Crippen molar-refractivity contribution in [2.24, 2.45) is 0 Å². The van der Waals surface area contributed by atoms with Gasteiger partial charge in [0.2, 0.25) is 0 Å². The average molecular weight is 364 g/mol. The van der Waals surface area contributed by atoms with Crippen LogP contribution in [-0.4, -0.2) is 30.0 Å². The zero-order valence-corrected chi connectivity index (χ0v) is 16.5. The Morgan fingerprint density at radius 2 is 2.08 bits per heavy atom. The van der Waals surface area contributed by atoms with E-state index in [-0.39, 0.29) is 11.9 Å². The first-order valence-corrected chi connectivity index (χ1v) is 12.6. The third-order valence-electron chi connectivity index (χ3n) is 5.08. The monoisotopic (exact) mass is 363 g/mol. The summed E-state index contributed by atoms with van der Waals surface area (Å²) in [6.07, 6.45) is 4.69. The van der Waals surface area contributed by atoms with E-state index >= 15 is 0 Å². The molecule has 24 heavy (non-hydrogen) atoms. The number of rotatable bonds is 2. The minimum atomic E-state index is -1.07. The van der Waals surface area contributed by atoms with Crippen LogP contribution in [0, 0.1) is 6.92 Å². The number of aromatic amines is 1. The lowest BCUT2D eigenvalue weighted by atomic mass is 10.1. The maximum Gasteiger partial charge on any atom is 0.267 e. The van der Waals surface area contributed by atoms with E-state index in [1.165, 1.54) is 24.9 Å². The Morgan fingerprint density at radius 3 is 2.88 bits per heavy atom. The first-order valence-electron chi connectivity index (χ1n) is 8.81. The van der Waals surface area contributed by atoms with E-state index < -0.39 is 8.07 Å². The summed E-state index contributed by atoms with van der Waals surface area (Å²) in [5, 5.41) is 4.65. The molecule has 1 aliphatic heterocycles. The van der Waals surface area contributed by atoms with Gasteiger partial charge in [-0.25, -0.2) is 4.98 Å². The Hall–Kier alpha value is -1.33. The molecule has 1 atom stereocenters. The SMILES string of the molecule is Cc1cc(Cl)c2cc(C(=O)NC3CCCC[Si](C)(C)CC3)[nH]c2n1. The molecule has 2 aromatic rings. The molecule has 1 aliphatic rings. The Morgan fingerprint density at radius 1 is 1.29 bits per heavy atom. The summed E-state index contributed by atoms with van der Waals surface area (Å²) >= 11 is 6.26. The number of fused-ring (bicyclic) bond motifs is 1. The summed E-state index contributed by atoms with van der Waals surface area (Å²) in [6.45, 7) is 6.82. The molecule has 1 saturated heterocycles. The van der Waals surface area contributed by atoms with Crippen molar-refractivity contribution in [3.05, 3.63) is 28.5 Å². The fourth-order valence-electron chi connectivity index (χ4n) is 3.54. The maximum atomic E-state index is 12.6. The number of aryl methyl sites for hydroxylation is 1. The van der Waals surface area contributed by atoms with Crippen LogP contribution in [-0.2, 0) is 0 Å². The number of H-pyrrole nitrogens is 1. The summed E-state index contributed by atoms with van der Waals surface area (Å²) in [6, 6.07) is 6.61. The van der Waals surface area contributed by atoms with Crippen LogP contribution in [0.5, 0.6) is 0 Å². The van der Waals surface area contributed by atoms with Crippen LogP contribution in [0.2, 0.25) is 30.2 Å². The summed E-state index contributed by atoms with van der Waals surface area (Å²) in [5.41, 5.74) is 2.06. The van der Waals surface area contributed by atoms with Crippen LogP contribution in [0.25, 0.3) is 11.0 Å². The molecule has 0 aromatic carbocycles. The highest BCUT2D eigenvalue weighted by Crippen LogP contribution is 2.27. The highest BCUT2D eigenvalue weighted by molar-refractivity contribution is 6.77. The van der Waals surface area contributed by atoms with E-state index in [9.17, 15) is 4.79 Å². The van der Waals surface area contributed by atoms with Gasteiger partial charge in [0.15, 0.2) is 0 Å². The standard InChI is InChI=1S/C18H26ClN3OSi/c1-12-10-15(19)14-11-16(22-17(14)20-12)18(23)21-13-6-4-5-8-24(2,3)9-7-13/h10-11,13H,4-9H2,1-3H3,(H,20,22)(H,21,23). The molecular weight excluding hydrogens is 338 g/mol. The topological polar surface area (TPSA) is 57.8 Å². The number of hydrogen-bond donors (Lipinski definition) is 2. The second-order valence-electron chi connectivity index (χ2n) is 7.81. The molecule has 1 fully saturated rings. The molecule has 2 aromatic heterocycles. The van der Waals surface area contributed by atoms with E-state index in [1.807, 2.05) is 13.0 Å². The first-order chi connectivity index (χ1) is 11.3. The quantitative estimate of drug-likeness (QED) is 0.745. The number of carbonyl (C=O) groups excluding carboxylic acids is 1. The van der Waals surface area contributed by atoms with Gasteiger partial charge in [0, 0.05) is 25.2 Å². The minimum Gasteiger partial charge on any atom is -0.348 e. The second kappa shape index (κ2) is 6.88. The smallest absolute Gasteiger partial charge is 0.267 e. The lowest BCUT2D eigenvalue weighted by molar-refractivity contribution is 0.0928. The van der Waals surface area contributed by atoms with E-state index in [0.29, 0.717) is 16.4 Å². The third-order valence-corrected chi connectivity index (χ3v) is 8.75. The number of pyridine rings is 1. The van der Waals surface area contributed by atoms with Gasteiger partial charge in [-0.2, -0.15) is 0 Å². The van der Waals surface area contributed by atoms with Crippen LogP contribution >= 0.6 is 11.6 Å². The van der Waals surface area contributed by atoms with Gasteiger partial charge in [-0.05, 0) is 31.9 Å². The third kappa shape index (κ3) is 4.01. The molecule has 1 amide bonds. The molecule has 1 unspecified atom stereocenters. The number of carbonyl (C=O) groups is 1. The predicted molar refractivity (Wildman–Crippen MR) is 103 cm³/mol. The van der Waals surface area contributed by atoms with Gasteiger partial charge in [-0.15, -0.1) is 0 Å². The molecule has 3 rings (SSSR count). The Kier molecular flexibility index (Phi) is 5.02. The van der Waals surface area contributed by atoms with Crippen molar-refractivity contribution in [2.45, 2.75) is 63.8 Å². The van der Waals surface area contributed by atoms with Gasteiger partial charge in [0.25, 0.3) is 5.91 Å². The summed E-state index contributed by atoms with van der Waals surface area (Å²) < 4.78 is 0. The normalized spacial score (nSPS) is 21.2. The Balaban J connectivity index is 1.73. The Labute approximate surface area is 149 Å². The number of halogens is 1. The number of aromatic nitrogens is 2. The molecule has 0 aliphatic carbocycles. The van der Waals surface area contributed by atoms with Crippen molar-refractivity contribution in [1.29, 1.82) is 0 Å². The van der Waals surface area contributed by atoms with Gasteiger partial charge in [-0.1, -0.05) is 49.6 Å². The van der Waals surface area contributed by atoms with Crippen LogP contribution in [0.4, 0.5) is 0 Å². The van der Waals surface area contributed by atoms with Crippen LogP contribution in [0.15, 0.2) is 12.1 Å². The second-order valence-corrected chi connectivity index (χ2v) is 13.5. The number of nitrogens with one attached hydrogen (secondary N) is 2.